The summed E-state index contributed by atoms with van der Waals surface area (Å²) in [6, 6.07) is 15.9. The normalized spacial score (nSPS) is 17.0. The topological polar surface area (TPSA) is 55.4 Å². The molecule has 2 aromatic rings. The molecule has 1 saturated heterocycles. The fourth-order valence-corrected chi connectivity index (χ4v) is 10.7. The van der Waals surface area contributed by atoms with E-state index in [1.54, 1.807) is 0 Å². The summed E-state index contributed by atoms with van der Waals surface area (Å²) in [4.78, 5) is 26.4. The van der Waals surface area contributed by atoms with Gasteiger partial charge in [0.25, 0.3) is 0 Å². The van der Waals surface area contributed by atoms with Gasteiger partial charge in [-0.05, 0) is 0 Å². The summed E-state index contributed by atoms with van der Waals surface area (Å²) in [5, 5.41) is 3.24. The molecule has 0 aromatic heterocycles. The number of nitrogens with one attached hydrogen (secondary N) is 1. The minimum atomic E-state index is -2.12. The van der Waals surface area contributed by atoms with Crippen molar-refractivity contribution in [2.24, 2.45) is 0 Å². The van der Waals surface area contributed by atoms with Crippen molar-refractivity contribution in [1.82, 2.24) is 0 Å². The summed E-state index contributed by atoms with van der Waals surface area (Å²) in [6.07, 6.45) is 6.55. The Bertz CT molecular complexity index is 871. The van der Waals surface area contributed by atoms with Gasteiger partial charge in [0.05, 0.1) is 0 Å². The van der Waals surface area contributed by atoms with Gasteiger partial charge in [0, 0.05) is 0 Å². The van der Waals surface area contributed by atoms with Gasteiger partial charge in [-0.15, -0.1) is 0 Å². The van der Waals surface area contributed by atoms with Gasteiger partial charge < -0.3 is 0 Å². The molecule has 2 aromatic carbocycles. The van der Waals surface area contributed by atoms with Crippen molar-refractivity contribution >= 4 is 24.8 Å². The Hall–Kier alpha value is -2.19. The van der Waals surface area contributed by atoms with Gasteiger partial charge in [0.2, 0.25) is 0 Å². The summed E-state index contributed by atoms with van der Waals surface area (Å²) in [5.74, 6) is -0.0397. The number of anilines is 1. The molecule has 1 aliphatic heterocycles. The van der Waals surface area contributed by atoms with Crippen molar-refractivity contribution < 1.29 is 14.3 Å². The zero-order valence-electron chi connectivity index (χ0n) is 19.1. The van der Waals surface area contributed by atoms with E-state index in [2.05, 4.69) is 12.2 Å². The van der Waals surface area contributed by atoms with E-state index in [0.717, 1.165) is 60.4 Å². The van der Waals surface area contributed by atoms with Crippen molar-refractivity contribution in [3.63, 3.8) is 0 Å². The molecule has 1 amide bonds. The van der Waals surface area contributed by atoms with E-state index in [0.29, 0.717) is 12.8 Å². The Labute approximate surface area is 187 Å². The van der Waals surface area contributed by atoms with Crippen LogP contribution in [0.1, 0.15) is 49.3 Å². The number of aryl methyl sites for hydroxylation is 2. The van der Waals surface area contributed by atoms with Crippen molar-refractivity contribution in [2.45, 2.75) is 58.7 Å². The van der Waals surface area contributed by atoms with Crippen LogP contribution >= 0.6 is 7.26 Å². The first-order valence-corrected chi connectivity index (χ1v) is 14.2. The van der Waals surface area contributed by atoms with Gasteiger partial charge in [-0.25, -0.2) is 0 Å². The van der Waals surface area contributed by atoms with Gasteiger partial charge >= 0.3 is 187 Å². The molecule has 5 heteroatoms. The van der Waals surface area contributed by atoms with Gasteiger partial charge in [-0.2, -0.15) is 0 Å². The fraction of sp³-hybridized carbons (Fsp3) is 0.462. The van der Waals surface area contributed by atoms with E-state index in [1.807, 2.05) is 62.4 Å². The van der Waals surface area contributed by atoms with Gasteiger partial charge in [0.15, 0.2) is 0 Å². The quantitative estimate of drug-likeness (QED) is 0.401. The Morgan fingerprint density at radius 1 is 1.00 bits per heavy atom. The van der Waals surface area contributed by atoms with Crippen LogP contribution in [-0.2, 0) is 20.9 Å². The zero-order chi connectivity index (χ0) is 22.3. The summed E-state index contributed by atoms with van der Waals surface area (Å²) < 4.78 is 5.64. The fourth-order valence-electron chi connectivity index (χ4n) is 5.03. The average molecular weight is 442 g/mol. The third-order valence-corrected chi connectivity index (χ3v) is 12.4. The maximum absolute atomic E-state index is 13.5. The van der Waals surface area contributed by atoms with Crippen molar-refractivity contribution in [1.29, 1.82) is 0 Å². The number of carbonyl (C=O) groups is 2. The molecule has 1 aliphatic rings. The molecule has 1 fully saturated rings. The Morgan fingerprint density at radius 3 is 2.26 bits per heavy atom. The second-order valence-electron chi connectivity index (χ2n) is 8.99. The first kappa shape index (κ1) is 23.5. The van der Waals surface area contributed by atoms with Gasteiger partial charge in [-0.3, -0.25) is 0 Å². The standard InChI is InChI=1S/C26H36NO3P/c1-4-11-23(26(29)27-25-20(2)12-10-13-21(25)3)31(16-8-9-17-31)19-24(28)30-18-22-14-6-5-7-15-22/h5-7,10,12-15,23,31H,4,8-9,11,16-19H2,1-3H3,(H,27,29). The molecule has 0 bridgehead atoms. The molecule has 168 valence electrons. The van der Waals surface area contributed by atoms with Crippen molar-refractivity contribution in [3.05, 3.63) is 65.2 Å². The van der Waals surface area contributed by atoms with Crippen LogP contribution in [0.4, 0.5) is 5.69 Å². The van der Waals surface area contributed by atoms with E-state index < -0.39 is 7.26 Å². The molecule has 1 heterocycles. The van der Waals surface area contributed by atoms with Crippen LogP contribution in [0.25, 0.3) is 0 Å². The molecule has 0 spiro atoms. The minimum absolute atomic E-state index is 0.0525. The Morgan fingerprint density at radius 2 is 1.65 bits per heavy atom. The van der Waals surface area contributed by atoms with E-state index in [1.165, 1.54) is 0 Å². The molecule has 0 aliphatic carbocycles. The van der Waals surface area contributed by atoms with Crippen molar-refractivity contribution in [2.75, 3.05) is 23.8 Å². The summed E-state index contributed by atoms with van der Waals surface area (Å²) in [5.41, 5.74) is 4.02. The van der Waals surface area contributed by atoms with Crippen LogP contribution in [0.2, 0.25) is 0 Å². The Kier molecular flexibility index (Phi) is 8.26. The van der Waals surface area contributed by atoms with E-state index >= 15 is 0 Å². The number of hydrogen-bond acceptors (Lipinski definition) is 3. The number of para-hydroxylation sites is 1. The van der Waals surface area contributed by atoms with Crippen LogP contribution in [0.15, 0.2) is 48.5 Å². The van der Waals surface area contributed by atoms with Gasteiger partial charge in [-0.1, -0.05) is 0 Å². The molecule has 0 saturated carbocycles. The molecule has 0 radical (unpaired) electrons. The van der Waals surface area contributed by atoms with Crippen LogP contribution in [0, 0.1) is 13.8 Å². The second-order valence-corrected chi connectivity index (χ2v) is 13.8. The Balaban J connectivity index is 1.75. The number of hydrogen-bond donors (Lipinski definition) is 1. The molecule has 1 N–H and O–H groups in total. The molecule has 1 atom stereocenters. The molecule has 31 heavy (non-hydrogen) atoms. The number of rotatable bonds is 9. The zero-order valence-corrected chi connectivity index (χ0v) is 20.1. The summed E-state index contributed by atoms with van der Waals surface area (Å²) in [6.45, 7) is 6.49. The number of ether oxygens (including phenoxy) is 1. The molecule has 3 rings (SSSR count). The average Bonchev–Trinajstić information content (AvgIpc) is 3.23. The first-order valence-electron chi connectivity index (χ1n) is 11.5. The van der Waals surface area contributed by atoms with Crippen LogP contribution < -0.4 is 5.32 Å². The summed E-state index contributed by atoms with van der Waals surface area (Å²) in [7, 11) is -2.12. The molecule has 1 unspecified atom stereocenters. The van der Waals surface area contributed by atoms with Crippen LogP contribution in [0.5, 0.6) is 0 Å². The molecule has 4 nitrogen and oxygen atoms in total. The third-order valence-electron chi connectivity index (χ3n) is 6.70. The van der Waals surface area contributed by atoms with E-state index in [-0.39, 0.29) is 17.5 Å². The second kappa shape index (κ2) is 10.9. The molecular weight excluding hydrogens is 405 g/mol. The van der Waals surface area contributed by atoms with Crippen LogP contribution in [0.3, 0.4) is 0 Å². The SMILES string of the molecule is CCCC(C(=O)Nc1c(C)cccc1C)[PH]1(CC(=O)OCc2ccccc2)CCCC1. The monoisotopic (exact) mass is 441 g/mol. The van der Waals surface area contributed by atoms with Crippen LogP contribution in [-0.4, -0.2) is 36.0 Å². The van der Waals surface area contributed by atoms with Gasteiger partial charge in [0.1, 0.15) is 0 Å². The molecular formula is C26H36NO3P. The number of carbonyl (C=O) groups excluding carboxylic acids is 2. The summed E-state index contributed by atoms with van der Waals surface area (Å²) >= 11 is 0. The third kappa shape index (κ3) is 5.95. The predicted molar refractivity (Wildman–Crippen MR) is 132 cm³/mol. The van der Waals surface area contributed by atoms with E-state index in [4.69, 9.17) is 4.74 Å². The van der Waals surface area contributed by atoms with Crippen molar-refractivity contribution in [3.8, 4) is 0 Å². The number of esters is 1. The first-order chi connectivity index (χ1) is 14.9. The number of amides is 1. The maximum atomic E-state index is 13.5. The predicted octanol–water partition coefficient (Wildman–Crippen LogP) is 5.70. The number of benzene rings is 2. The van der Waals surface area contributed by atoms with E-state index in [9.17, 15) is 9.59 Å².